The lowest BCUT2D eigenvalue weighted by Crippen LogP contribution is -2.36. The molecule has 0 N–H and O–H groups in total. The normalized spacial score (nSPS) is 18.8. The van der Waals surface area contributed by atoms with Gasteiger partial charge < -0.3 is 14.4 Å². The molecule has 2 heterocycles. The molecule has 26 heavy (non-hydrogen) atoms. The van der Waals surface area contributed by atoms with Crippen LogP contribution in [0.15, 0.2) is 59.2 Å². The van der Waals surface area contributed by atoms with Crippen LogP contribution in [0, 0.1) is 6.92 Å². The van der Waals surface area contributed by atoms with Gasteiger partial charge in [0.25, 0.3) is 0 Å². The van der Waals surface area contributed by atoms with Crippen LogP contribution in [0.4, 0.5) is 5.69 Å². The van der Waals surface area contributed by atoms with Gasteiger partial charge in [0.05, 0.1) is 13.2 Å². The first-order valence-electron chi connectivity index (χ1n) is 8.71. The summed E-state index contributed by atoms with van der Waals surface area (Å²) in [5.74, 6) is -0.0614. The first kappa shape index (κ1) is 16.5. The smallest absolute Gasteiger partial charge is 0.363 e. The number of rotatable bonds is 3. The molecule has 2 aliphatic rings. The average molecular weight is 348 g/mol. The van der Waals surface area contributed by atoms with E-state index < -0.39 is 5.97 Å². The monoisotopic (exact) mass is 348 g/mol. The number of nitrogens with zero attached hydrogens (tertiary/aromatic N) is 2. The first-order valence-corrected chi connectivity index (χ1v) is 8.71. The van der Waals surface area contributed by atoms with Crippen molar-refractivity contribution in [2.75, 3.05) is 31.2 Å². The summed E-state index contributed by atoms with van der Waals surface area (Å²) in [4.78, 5) is 18.8. The van der Waals surface area contributed by atoms with E-state index in [1.807, 2.05) is 43.3 Å². The number of benzene rings is 2. The Hall–Kier alpha value is -2.92. The van der Waals surface area contributed by atoms with Gasteiger partial charge in [-0.25, -0.2) is 9.79 Å². The van der Waals surface area contributed by atoms with E-state index in [-0.39, 0.29) is 0 Å². The highest BCUT2D eigenvalue weighted by molar-refractivity contribution is 6.12. The van der Waals surface area contributed by atoms with Crippen molar-refractivity contribution in [3.63, 3.8) is 0 Å². The Labute approximate surface area is 152 Å². The van der Waals surface area contributed by atoms with Crippen LogP contribution in [0.1, 0.15) is 16.7 Å². The van der Waals surface area contributed by atoms with Gasteiger partial charge in [-0.1, -0.05) is 29.8 Å². The number of carbonyl (C=O) groups is 1. The summed E-state index contributed by atoms with van der Waals surface area (Å²) < 4.78 is 10.7. The number of ether oxygens (including phenoxy) is 2. The lowest BCUT2D eigenvalue weighted by atomic mass is 10.1. The predicted molar refractivity (Wildman–Crippen MR) is 101 cm³/mol. The van der Waals surface area contributed by atoms with E-state index in [2.05, 4.69) is 22.0 Å². The van der Waals surface area contributed by atoms with Crippen molar-refractivity contribution in [1.82, 2.24) is 0 Å². The van der Waals surface area contributed by atoms with Crippen LogP contribution in [0.5, 0.6) is 0 Å². The number of hydrogen-bond acceptors (Lipinski definition) is 5. The number of aryl methyl sites for hydroxylation is 1. The molecular formula is C21H20N2O3. The van der Waals surface area contributed by atoms with Crippen LogP contribution in [0.3, 0.4) is 0 Å². The van der Waals surface area contributed by atoms with Gasteiger partial charge in [0.2, 0.25) is 5.90 Å². The minimum absolute atomic E-state index is 0.320. The quantitative estimate of drug-likeness (QED) is 0.631. The summed E-state index contributed by atoms with van der Waals surface area (Å²) >= 11 is 0. The Bertz CT molecular complexity index is 878. The Morgan fingerprint density at radius 2 is 1.85 bits per heavy atom. The van der Waals surface area contributed by atoms with Crippen molar-refractivity contribution in [1.29, 1.82) is 0 Å². The van der Waals surface area contributed by atoms with E-state index in [1.165, 1.54) is 0 Å². The molecule has 0 aliphatic carbocycles. The molecule has 0 radical (unpaired) electrons. The maximum atomic E-state index is 12.1. The molecule has 1 saturated heterocycles. The zero-order valence-electron chi connectivity index (χ0n) is 14.6. The molecule has 0 saturated carbocycles. The van der Waals surface area contributed by atoms with Crippen molar-refractivity contribution in [3.8, 4) is 0 Å². The van der Waals surface area contributed by atoms with E-state index >= 15 is 0 Å². The molecule has 0 atom stereocenters. The van der Waals surface area contributed by atoms with Gasteiger partial charge in [-0.05, 0) is 42.8 Å². The number of aliphatic imine (C=N–C) groups is 1. The SMILES string of the molecule is Cc1cccc(C2=N/C(=C\c3ccc(N4CCOCC4)cc3)C(=O)O2)c1. The van der Waals surface area contributed by atoms with Crippen molar-refractivity contribution in [2.24, 2.45) is 4.99 Å². The van der Waals surface area contributed by atoms with E-state index in [0.717, 1.165) is 48.7 Å². The highest BCUT2D eigenvalue weighted by Crippen LogP contribution is 2.22. The minimum atomic E-state index is -0.418. The molecule has 0 unspecified atom stereocenters. The summed E-state index contributed by atoms with van der Waals surface area (Å²) in [5, 5.41) is 0. The maximum absolute atomic E-state index is 12.1. The number of carbonyl (C=O) groups excluding carboxylic acids is 1. The highest BCUT2D eigenvalue weighted by Gasteiger charge is 2.24. The van der Waals surface area contributed by atoms with Crippen LogP contribution in [0.2, 0.25) is 0 Å². The number of anilines is 1. The Kier molecular flexibility index (Phi) is 4.54. The van der Waals surface area contributed by atoms with Gasteiger partial charge in [-0.2, -0.15) is 0 Å². The second-order valence-electron chi connectivity index (χ2n) is 6.40. The van der Waals surface area contributed by atoms with Crippen LogP contribution in [-0.2, 0) is 14.3 Å². The summed E-state index contributed by atoms with van der Waals surface area (Å²) in [7, 11) is 0. The largest absolute Gasteiger partial charge is 0.402 e. The van der Waals surface area contributed by atoms with Gasteiger partial charge >= 0.3 is 5.97 Å². The molecule has 5 heteroatoms. The second kappa shape index (κ2) is 7.14. The predicted octanol–water partition coefficient (Wildman–Crippen LogP) is 3.18. The third-order valence-corrected chi connectivity index (χ3v) is 4.46. The summed E-state index contributed by atoms with van der Waals surface area (Å²) in [5.41, 5.74) is 4.30. The molecule has 0 aromatic heterocycles. The van der Waals surface area contributed by atoms with Gasteiger partial charge in [0, 0.05) is 24.3 Å². The van der Waals surface area contributed by atoms with Gasteiger partial charge in [-0.3, -0.25) is 0 Å². The van der Waals surface area contributed by atoms with Crippen LogP contribution < -0.4 is 4.90 Å². The van der Waals surface area contributed by atoms with Crippen molar-refractivity contribution in [2.45, 2.75) is 6.92 Å². The lowest BCUT2D eigenvalue weighted by Gasteiger charge is -2.28. The van der Waals surface area contributed by atoms with E-state index in [4.69, 9.17) is 9.47 Å². The molecule has 132 valence electrons. The van der Waals surface area contributed by atoms with Crippen molar-refractivity contribution < 1.29 is 14.3 Å². The molecule has 2 aromatic rings. The maximum Gasteiger partial charge on any atom is 0.363 e. The zero-order chi connectivity index (χ0) is 17.9. The molecule has 2 aromatic carbocycles. The van der Waals surface area contributed by atoms with Crippen LogP contribution >= 0.6 is 0 Å². The highest BCUT2D eigenvalue weighted by atomic mass is 16.6. The Morgan fingerprint density at radius 1 is 1.08 bits per heavy atom. The topological polar surface area (TPSA) is 51.1 Å². The lowest BCUT2D eigenvalue weighted by molar-refractivity contribution is -0.129. The van der Waals surface area contributed by atoms with Crippen LogP contribution in [-0.4, -0.2) is 38.2 Å². The Morgan fingerprint density at radius 3 is 2.58 bits per heavy atom. The molecule has 0 bridgehead atoms. The number of esters is 1. The molecule has 1 fully saturated rings. The fourth-order valence-corrected chi connectivity index (χ4v) is 3.07. The van der Waals surface area contributed by atoms with Gasteiger partial charge in [0.1, 0.15) is 0 Å². The summed E-state index contributed by atoms with van der Waals surface area (Å²) in [6.45, 7) is 5.31. The third kappa shape index (κ3) is 3.53. The minimum Gasteiger partial charge on any atom is -0.402 e. The molecule has 5 nitrogen and oxygen atoms in total. The second-order valence-corrected chi connectivity index (χ2v) is 6.40. The average Bonchev–Trinajstić information content (AvgIpc) is 3.04. The van der Waals surface area contributed by atoms with E-state index in [0.29, 0.717) is 11.6 Å². The Balaban J connectivity index is 1.54. The van der Waals surface area contributed by atoms with Crippen molar-refractivity contribution >= 4 is 23.6 Å². The standard InChI is InChI=1S/C21H20N2O3/c1-15-3-2-4-17(13-15)20-22-19(21(24)26-20)14-16-5-7-18(8-6-16)23-9-11-25-12-10-23/h2-8,13-14H,9-12H2,1H3/b19-14-. The number of hydrogen-bond donors (Lipinski definition) is 0. The van der Waals surface area contributed by atoms with Crippen molar-refractivity contribution in [3.05, 3.63) is 70.9 Å². The molecule has 0 amide bonds. The molecular weight excluding hydrogens is 328 g/mol. The first-order chi connectivity index (χ1) is 12.7. The number of cyclic esters (lactones) is 1. The number of morpholine rings is 1. The van der Waals surface area contributed by atoms with Gasteiger partial charge in [0.15, 0.2) is 5.70 Å². The molecule has 0 spiro atoms. The third-order valence-electron chi connectivity index (χ3n) is 4.46. The van der Waals surface area contributed by atoms with Gasteiger partial charge in [-0.15, -0.1) is 0 Å². The summed E-state index contributed by atoms with van der Waals surface area (Å²) in [6.07, 6.45) is 1.76. The zero-order valence-corrected chi connectivity index (χ0v) is 14.6. The van der Waals surface area contributed by atoms with E-state index in [1.54, 1.807) is 6.08 Å². The fourth-order valence-electron chi connectivity index (χ4n) is 3.07. The molecule has 4 rings (SSSR count). The van der Waals surface area contributed by atoms with E-state index in [9.17, 15) is 4.79 Å². The van der Waals surface area contributed by atoms with Crippen LogP contribution in [0.25, 0.3) is 6.08 Å². The fraction of sp³-hybridized carbons (Fsp3) is 0.238. The summed E-state index contributed by atoms with van der Waals surface area (Å²) in [6, 6.07) is 15.9. The molecule has 2 aliphatic heterocycles.